The normalized spacial score (nSPS) is 10.8. The topological polar surface area (TPSA) is 59.9 Å². The second kappa shape index (κ2) is 13.3. The summed E-state index contributed by atoms with van der Waals surface area (Å²) < 4.78 is 23.8. The highest BCUT2D eigenvalue weighted by molar-refractivity contribution is 5.83. The molecule has 29 heavy (non-hydrogen) atoms. The molecule has 0 aliphatic rings. The van der Waals surface area contributed by atoms with Crippen LogP contribution in [-0.4, -0.2) is 25.3 Å². The van der Waals surface area contributed by atoms with Crippen LogP contribution in [0.3, 0.4) is 0 Å². The van der Waals surface area contributed by atoms with E-state index in [2.05, 4.69) is 17.5 Å². The van der Waals surface area contributed by atoms with Crippen molar-refractivity contribution in [1.82, 2.24) is 5.43 Å². The van der Waals surface area contributed by atoms with Gasteiger partial charge in [0.25, 0.3) is 5.91 Å². The summed E-state index contributed by atoms with van der Waals surface area (Å²) in [5, 5.41) is 3.90. The van der Waals surface area contributed by atoms with Gasteiger partial charge in [-0.05, 0) is 60.5 Å². The van der Waals surface area contributed by atoms with Gasteiger partial charge in [-0.2, -0.15) is 5.10 Å². The largest absolute Gasteiger partial charge is 0.494 e. The van der Waals surface area contributed by atoms with E-state index in [9.17, 15) is 9.18 Å². The van der Waals surface area contributed by atoms with Crippen molar-refractivity contribution >= 4 is 12.1 Å². The Bertz CT molecular complexity index is 746. The van der Waals surface area contributed by atoms with E-state index in [1.807, 2.05) is 24.3 Å². The van der Waals surface area contributed by atoms with Crippen molar-refractivity contribution in [3.8, 4) is 11.5 Å². The molecule has 2 aromatic carbocycles. The lowest BCUT2D eigenvalue weighted by atomic mass is 10.1. The summed E-state index contributed by atoms with van der Waals surface area (Å²) >= 11 is 0. The van der Waals surface area contributed by atoms with Crippen LogP contribution in [0.4, 0.5) is 4.39 Å². The molecule has 0 saturated heterocycles. The van der Waals surface area contributed by atoms with Crippen LogP contribution < -0.4 is 14.9 Å². The van der Waals surface area contributed by atoms with Gasteiger partial charge in [0.2, 0.25) is 0 Å². The van der Waals surface area contributed by atoms with Crippen molar-refractivity contribution in [1.29, 1.82) is 0 Å². The molecule has 0 aromatic heterocycles. The quantitative estimate of drug-likeness (QED) is 0.289. The Hall–Kier alpha value is -2.89. The minimum Gasteiger partial charge on any atom is -0.494 e. The molecule has 0 heterocycles. The SMILES string of the molecule is CCCCCCCCOc1ccc(C=NNC(=O)COc2ccc(F)cc2)cc1. The predicted molar refractivity (Wildman–Crippen MR) is 113 cm³/mol. The Morgan fingerprint density at radius 2 is 1.55 bits per heavy atom. The van der Waals surface area contributed by atoms with Crippen molar-refractivity contribution in [2.24, 2.45) is 5.10 Å². The van der Waals surface area contributed by atoms with Crippen molar-refractivity contribution in [2.75, 3.05) is 13.2 Å². The van der Waals surface area contributed by atoms with Crippen LogP contribution in [0.15, 0.2) is 53.6 Å². The molecule has 2 rings (SSSR count). The molecule has 0 spiro atoms. The van der Waals surface area contributed by atoms with Gasteiger partial charge in [-0.25, -0.2) is 9.82 Å². The molecule has 1 N–H and O–H groups in total. The van der Waals surface area contributed by atoms with E-state index in [0.29, 0.717) is 5.75 Å². The average Bonchev–Trinajstić information content (AvgIpc) is 2.74. The van der Waals surface area contributed by atoms with Crippen LogP contribution in [0.25, 0.3) is 0 Å². The first kappa shape index (κ1) is 22.4. The molecule has 0 bridgehead atoms. The third kappa shape index (κ3) is 9.74. The molecule has 0 atom stereocenters. The van der Waals surface area contributed by atoms with E-state index in [0.717, 1.165) is 24.3 Å². The molecule has 2 aromatic rings. The van der Waals surface area contributed by atoms with Gasteiger partial charge in [0.05, 0.1) is 12.8 Å². The number of carbonyl (C=O) groups is 1. The molecule has 0 aliphatic heterocycles. The van der Waals surface area contributed by atoms with E-state index >= 15 is 0 Å². The molecular formula is C23H29FN2O3. The zero-order valence-corrected chi connectivity index (χ0v) is 16.9. The number of carbonyl (C=O) groups excluding carboxylic acids is 1. The van der Waals surface area contributed by atoms with Crippen LogP contribution in [-0.2, 0) is 4.79 Å². The summed E-state index contributed by atoms with van der Waals surface area (Å²) in [6.07, 6.45) is 8.97. The molecule has 156 valence electrons. The Morgan fingerprint density at radius 3 is 2.28 bits per heavy atom. The standard InChI is InChI=1S/C23H29FN2O3/c1-2-3-4-5-6-7-16-28-21-12-8-19(9-13-21)17-25-26-23(27)18-29-22-14-10-20(24)11-15-22/h8-15,17H,2-7,16,18H2,1H3,(H,26,27). The van der Waals surface area contributed by atoms with Crippen LogP contribution in [0.2, 0.25) is 0 Å². The van der Waals surface area contributed by atoms with E-state index in [1.54, 1.807) is 6.21 Å². The minimum atomic E-state index is -0.399. The molecule has 0 aliphatic carbocycles. The van der Waals surface area contributed by atoms with E-state index in [-0.39, 0.29) is 12.4 Å². The molecule has 1 amide bonds. The second-order valence-corrected chi connectivity index (χ2v) is 6.72. The van der Waals surface area contributed by atoms with Crippen molar-refractivity contribution in [3.05, 3.63) is 59.9 Å². The number of benzene rings is 2. The van der Waals surface area contributed by atoms with Crippen LogP contribution in [0.1, 0.15) is 51.0 Å². The Labute approximate surface area is 171 Å². The van der Waals surface area contributed by atoms with Crippen LogP contribution in [0, 0.1) is 5.82 Å². The molecule has 5 nitrogen and oxygen atoms in total. The van der Waals surface area contributed by atoms with Crippen molar-refractivity contribution < 1.29 is 18.7 Å². The van der Waals surface area contributed by atoms with Gasteiger partial charge < -0.3 is 9.47 Å². The number of nitrogens with zero attached hydrogens (tertiary/aromatic N) is 1. The zero-order valence-electron chi connectivity index (χ0n) is 16.9. The number of hydrogen-bond acceptors (Lipinski definition) is 4. The van der Waals surface area contributed by atoms with Gasteiger partial charge in [-0.15, -0.1) is 0 Å². The van der Waals surface area contributed by atoms with Crippen LogP contribution >= 0.6 is 0 Å². The summed E-state index contributed by atoms with van der Waals surface area (Å²) in [6.45, 7) is 2.74. The zero-order chi connectivity index (χ0) is 20.7. The molecule has 0 fully saturated rings. The highest BCUT2D eigenvalue weighted by Gasteiger charge is 2.01. The lowest BCUT2D eigenvalue weighted by molar-refractivity contribution is -0.123. The Morgan fingerprint density at radius 1 is 0.931 bits per heavy atom. The molecule has 0 radical (unpaired) electrons. The number of rotatable bonds is 13. The van der Waals surface area contributed by atoms with Gasteiger partial charge in [0.1, 0.15) is 17.3 Å². The van der Waals surface area contributed by atoms with Gasteiger partial charge in [-0.3, -0.25) is 4.79 Å². The number of nitrogens with one attached hydrogen (secondary N) is 1. The molecule has 6 heteroatoms. The minimum absolute atomic E-state index is 0.200. The van der Waals surface area contributed by atoms with Crippen molar-refractivity contribution in [3.63, 3.8) is 0 Å². The fourth-order valence-electron chi connectivity index (χ4n) is 2.61. The second-order valence-electron chi connectivity index (χ2n) is 6.72. The first-order chi connectivity index (χ1) is 14.2. The number of amides is 1. The summed E-state index contributed by atoms with van der Waals surface area (Å²) in [4.78, 5) is 11.7. The summed E-state index contributed by atoms with van der Waals surface area (Å²) in [6, 6.07) is 13.0. The first-order valence-corrected chi connectivity index (χ1v) is 10.1. The number of hydrazone groups is 1. The summed E-state index contributed by atoms with van der Waals surface area (Å²) in [5.74, 6) is 0.490. The van der Waals surface area contributed by atoms with Gasteiger partial charge >= 0.3 is 0 Å². The fourth-order valence-corrected chi connectivity index (χ4v) is 2.61. The average molecular weight is 400 g/mol. The van der Waals surface area contributed by atoms with E-state index < -0.39 is 5.91 Å². The molecule has 0 unspecified atom stereocenters. The van der Waals surface area contributed by atoms with Crippen molar-refractivity contribution in [2.45, 2.75) is 45.4 Å². The number of unbranched alkanes of at least 4 members (excludes halogenated alkanes) is 5. The maximum Gasteiger partial charge on any atom is 0.277 e. The smallest absolute Gasteiger partial charge is 0.277 e. The van der Waals surface area contributed by atoms with E-state index in [1.165, 1.54) is 56.4 Å². The maximum absolute atomic E-state index is 12.8. The van der Waals surface area contributed by atoms with E-state index in [4.69, 9.17) is 9.47 Å². The maximum atomic E-state index is 12.8. The van der Waals surface area contributed by atoms with Gasteiger partial charge in [0, 0.05) is 0 Å². The monoisotopic (exact) mass is 400 g/mol. The highest BCUT2D eigenvalue weighted by Crippen LogP contribution is 2.13. The number of ether oxygens (including phenoxy) is 2. The van der Waals surface area contributed by atoms with Gasteiger partial charge in [-0.1, -0.05) is 39.0 Å². The lowest BCUT2D eigenvalue weighted by Crippen LogP contribution is -2.24. The summed E-state index contributed by atoms with van der Waals surface area (Å²) in [7, 11) is 0. The fraction of sp³-hybridized carbons (Fsp3) is 0.391. The number of halogens is 1. The number of hydrogen-bond donors (Lipinski definition) is 1. The lowest BCUT2D eigenvalue weighted by Gasteiger charge is -2.06. The summed E-state index contributed by atoms with van der Waals surface area (Å²) in [5.41, 5.74) is 3.23. The third-order valence-electron chi connectivity index (χ3n) is 4.23. The molecule has 0 saturated carbocycles. The predicted octanol–water partition coefficient (Wildman–Crippen LogP) is 5.09. The Kier molecular flexibility index (Phi) is 10.3. The highest BCUT2D eigenvalue weighted by atomic mass is 19.1. The molecular weight excluding hydrogens is 371 g/mol. The Balaban J connectivity index is 1.62. The van der Waals surface area contributed by atoms with Crippen LogP contribution in [0.5, 0.6) is 11.5 Å². The first-order valence-electron chi connectivity index (χ1n) is 10.1. The third-order valence-corrected chi connectivity index (χ3v) is 4.23. The van der Waals surface area contributed by atoms with Gasteiger partial charge in [0.15, 0.2) is 6.61 Å².